The van der Waals surface area contributed by atoms with E-state index in [2.05, 4.69) is 9.71 Å². The van der Waals surface area contributed by atoms with E-state index < -0.39 is 10.0 Å². The number of aliphatic hydroxyl groups is 1. The first-order valence-electron chi connectivity index (χ1n) is 5.77. The van der Waals surface area contributed by atoms with Crippen LogP contribution in [0.2, 0.25) is 0 Å². The minimum atomic E-state index is -3.67. The first-order valence-corrected chi connectivity index (χ1v) is 8.07. The fraction of sp³-hybridized carbons (Fsp3) is 0.700. The molecule has 0 radical (unpaired) electrons. The topological polar surface area (TPSA) is 99.3 Å². The van der Waals surface area contributed by atoms with E-state index in [-0.39, 0.29) is 27.6 Å². The van der Waals surface area contributed by atoms with Crippen molar-refractivity contribution < 1.29 is 13.5 Å². The third-order valence-electron chi connectivity index (χ3n) is 3.23. The molecule has 0 saturated heterocycles. The van der Waals surface area contributed by atoms with Gasteiger partial charge in [0.15, 0.2) is 4.21 Å². The Morgan fingerprint density at radius 1 is 1.50 bits per heavy atom. The maximum atomic E-state index is 12.1. The third-order valence-corrected chi connectivity index (χ3v) is 6.32. The first-order chi connectivity index (χ1) is 8.44. The van der Waals surface area contributed by atoms with Gasteiger partial charge in [0.1, 0.15) is 0 Å². The Morgan fingerprint density at radius 2 is 2.22 bits per heavy atom. The SMILES string of the molecule is Cc1[nH]c(=O)sc1S(=O)(=O)NC1CCCC1CO. The summed E-state index contributed by atoms with van der Waals surface area (Å²) in [5.74, 6) is -0.0317. The van der Waals surface area contributed by atoms with E-state index in [1.54, 1.807) is 6.92 Å². The average Bonchev–Trinajstić information content (AvgIpc) is 2.84. The Bertz CT molecular complexity index is 575. The Hall–Kier alpha value is -0.700. The standard InChI is InChI=1S/C10H16N2O4S2/c1-6-9(17-10(14)11-6)18(15,16)12-8-4-2-3-7(8)5-13/h7-8,12-13H,2-5H2,1H3,(H,11,14). The first kappa shape index (κ1) is 13.7. The van der Waals surface area contributed by atoms with Crippen molar-refractivity contribution in [2.75, 3.05) is 6.61 Å². The van der Waals surface area contributed by atoms with Crippen molar-refractivity contribution in [1.82, 2.24) is 9.71 Å². The highest BCUT2D eigenvalue weighted by atomic mass is 32.2. The molecule has 102 valence electrons. The maximum absolute atomic E-state index is 12.1. The van der Waals surface area contributed by atoms with Crippen LogP contribution in [0.15, 0.2) is 9.00 Å². The molecule has 3 N–H and O–H groups in total. The van der Waals surface area contributed by atoms with Crippen molar-refractivity contribution in [1.29, 1.82) is 0 Å². The summed E-state index contributed by atoms with van der Waals surface area (Å²) in [4.78, 5) is 13.2. The van der Waals surface area contributed by atoms with Gasteiger partial charge >= 0.3 is 4.87 Å². The molecule has 1 heterocycles. The molecular formula is C10H16N2O4S2. The molecule has 1 aliphatic carbocycles. The summed E-state index contributed by atoms with van der Waals surface area (Å²) >= 11 is 0.689. The summed E-state index contributed by atoms with van der Waals surface area (Å²) in [5.41, 5.74) is 0.357. The summed E-state index contributed by atoms with van der Waals surface area (Å²) in [6.45, 7) is 1.54. The summed E-state index contributed by atoms with van der Waals surface area (Å²) < 4.78 is 26.9. The van der Waals surface area contributed by atoms with Crippen LogP contribution in [0.3, 0.4) is 0 Å². The number of hydrogen-bond donors (Lipinski definition) is 3. The second-order valence-electron chi connectivity index (χ2n) is 4.53. The largest absolute Gasteiger partial charge is 0.396 e. The predicted molar refractivity (Wildman–Crippen MR) is 68.2 cm³/mol. The number of thiazole rings is 1. The van der Waals surface area contributed by atoms with Crippen LogP contribution in [-0.2, 0) is 10.0 Å². The predicted octanol–water partition coefficient (Wildman–Crippen LogP) is 0.184. The van der Waals surface area contributed by atoms with Crippen molar-refractivity contribution in [3.05, 3.63) is 15.4 Å². The van der Waals surface area contributed by atoms with Gasteiger partial charge in [-0.2, -0.15) is 0 Å². The van der Waals surface area contributed by atoms with Gasteiger partial charge in [-0.3, -0.25) is 4.79 Å². The zero-order valence-corrected chi connectivity index (χ0v) is 11.6. The molecule has 8 heteroatoms. The summed E-state index contributed by atoms with van der Waals surface area (Å²) in [6.07, 6.45) is 2.45. The highest BCUT2D eigenvalue weighted by Crippen LogP contribution is 2.27. The van der Waals surface area contributed by atoms with Crippen LogP contribution in [0, 0.1) is 12.8 Å². The molecule has 1 aromatic rings. The lowest BCUT2D eigenvalue weighted by Gasteiger charge is -2.18. The maximum Gasteiger partial charge on any atom is 0.305 e. The van der Waals surface area contributed by atoms with Crippen molar-refractivity contribution in [3.63, 3.8) is 0 Å². The van der Waals surface area contributed by atoms with Crippen molar-refractivity contribution in [2.24, 2.45) is 5.92 Å². The molecule has 1 fully saturated rings. The zero-order valence-electron chi connectivity index (χ0n) is 9.97. The fourth-order valence-corrected chi connectivity index (χ4v) is 4.97. The highest BCUT2D eigenvalue weighted by Gasteiger charge is 2.32. The molecule has 2 atom stereocenters. The van der Waals surface area contributed by atoms with Gasteiger partial charge in [-0.25, -0.2) is 13.1 Å². The molecule has 2 unspecified atom stereocenters. The van der Waals surface area contributed by atoms with Crippen LogP contribution < -0.4 is 9.60 Å². The molecule has 1 aliphatic rings. The molecule has 0 amide bonds. The Balaban J connectivity index is 2.22. The number of nitrogens with one attached hydrogen (secondary N) is 2. The Kier molecular flexibility index (Phi) is 3.90. The second kappa shape index (κ2) is 5.12. The lowest BCUT2D eigenvalue weighted by Crippen LogP contribution is -2.38. The van der Waals surface area contributed by atoms with Gasteiger partial charge in [0.2, 0.25) is 0 Å². The molecule has 0 bridgehead atoms. The smallest absolute Gasteiger partial charge is 0.305 e. The number of aromatic nitrogens is 1. The molecule has 1 saturated carbocycles. The van der Waals surface area contributed by atoms with E-state index in [0.717, 1.165) is 19.3 Å². The van der Waals surface area contributed by atoms with E-state index in [1.807, 2.05) is 0 Å². The van der Waals surface area contributed by atoms with E-state index in [9.17, 15) is 18.3 Å². The number of aromatic amines is 1. The summed E-state index contributed by atoms with van der Waals surface area (Å²) in [5, 5.41) is 9.17. The normalized spacial score (nSPS) is 24.6. The van der Waals surface area contributed by atoms with Crippen LogP contribution in [0.1, 0.15) is 25.0 Å². The lowest BCUT2D eigenvalue weighted by atomic mass is 10.1. The van der Waals surface area contributed by atoms with Crippen molar-refractivity contribution in [2.45, 2.75) is 36.4 Å². The monoisotopic (exact) mass is 292 g/mol. The van der Waals surface area contributed by atoms with Crippen LogP contribution in [0.5, 0.6) is 0 Å². The van der Waals surface area contributed by atoms with E-state index >= 15 is 0 Å². The molecule has 0 aromatic carbocycles. The van der Waals surface area contributed by atoms with Gasteiger partial charge < -0.3 is 10.1 Å². The molecule has 0 aliphatic heterocycles. The Labute approximate surface area is 109 Å². The Morgan fingerprint density at radius 3 is 2.78 bits per heavy atom. The van der Waals surface area contributed by atoms with Gasteiger partial charge in [-0.15, -0.1) is 0 Å². The number of aryl methyl sites for hydroxylation is 1. The van der Waals surface area contributed by atoms with Gasteiger partial charge in [-0.1, -0.05) is 17.8 Å². The summed E-state index contributed by atoms with van der Waals surface area (Å²) in [7, 11) is -3.67. The number of sulfonamides is 1. The lowest BCUT2D eigenvalue weighted by molar-refractivity contribution is 0.213. The highest BCUT2D eigenvalue weighted by molar-refractivity contribution is 7.91. The van der Waals surface area contributed by atoms with Crippen LogP contribution in [0.25, 0.3) is 0 Å². The van der Waals surface area contributed by atoms with Crippen molar-refractivity contribution in [3.8, 4) is 0 Å². The minimum Gasteiger partial charge on any atom is -0.396 e. The quantitative estimate of drug-likeness (QED) is 0.737. The van der Waals surface area contributed by atoms with Crippen LogP contribution >= 0.6 is 11.3 Å². The molecule has 2 rings (SSSR count). The van der Waals surface area contributed by atoms with E-state index in [1.165, 1.54) is 0 Å². The summed E-state index contributed by atoms with van der Waals surface area (Å²) in [6, 6.07) is -0.239. The minimum absolute atomic E-state index is 0.0183. The second-order valence-corrected chi connectivity index (χ2v) is 7.42. The van der Waals surface area contributed by atoms with Gasteiger partial charge in [0.05, 0.1) is 0 Å². The number of hydrogen-bond acceptors (Lipinski definition) is 5. The fourth-order valence-electron chi connectivity index (χ4n) is 2.31. The van der Waals surface area contributed by atoms with Crippen LogP contribution in [0.4, 0.5) is 0 Å². The van der Waals surface area contributed by atoms with Gasteiger partial charge in [0.25, 0.3) is 10.0 Å². The van der Waals surface area contributed by atoms with Crippen molar-refractivity contribution >= 4 is 21.4 Å². The molecular weight excluding hydrogens is 276 g/mol. The number of aliphatic hydroxyl groups excluding tert-OH is 1. The number of H-pyrrole nitrogens is 1. The van der Waals surface area contributed by atoms with Crippen LogP contribution in [-0.4, -0.2) is 31.2 Å². The van der Waals surface area contributed by atoms with Gasteiger partial charge in [0, 0.05) is 18.3 Å². The third kappa shape index (κ3) is 2.66. The van der Waals surface area contributed by atoms with E-state index in [0.29, 0.717) is 17.0 Å². The molecule has 1 aromatic heterocycles. The number of rotatable bonds is 4. The molecule has 18 heavy (non-hydrogen) atoms. The zero-order chi connectivity index (χ0) is 13.3. The average molecular weight is 292 g/mol. The van der Waals surface area contributed by atoms with E-state index in [4.69, 9.17) is 0 Å². The molecule has 0 spiro atoms. The van der Waals surface area contributed by atoms with Gasteiger partial charge in [-0.05, 0) is 25.7 Å². The molecule has 6 nitrogen and oxygen atoms in total.